The molecule has 0 saturated carbocycles. The Kier molecular flexibility index (Phi) is 5.13. The average Bonchev–Trinajstić information content (AvgIpc) is 2.77. The van der Waals surface area contributed by atoms with Crippen molar-refractivity contribution in [3.63, 3.8) is 0 Å². The van der Waals surface area contributed by atoms with Gasteiger partial charge in [-0.2, -0.15) is 0 Å². The smallest absolute Gasteiger partial charge is 0.0102 e. The molecule has 172 valence electrons. The van der Waals surface area contributed by atoms with Crippen LogP contribution in [0.3, 0.4) is 0 Å². The number of rotatable bonds is 0. The molecule has 5 aromatic carbocycles. The van der Waals surface area contributed by atoms with Gasteiger partial charge in [0.25, 0.3) is 0 Å². The maximum Gasteiger partial charge on any atom is -0.0102 e. The Hall–Kier alpha value is -3.12. The van der Waals surface area contributed by atoms with E-state index in [2.05, 4.69) is 128 Å². The third-order valence-electron chi connectivity index (χ3n) is 7.56. The Labute approximate surface area is 204 Å². The van der Waals surface area contributed by atoms with Gasteiger partial charge in [-0.1, -0.05) is 114 Å². The molecule has 0 atom stereocenters. The lowest BCUT2D eigenvalue weighted by atomic mass is 9.81. The molecule has 0 spiro atoms. The molecule has 0 aromatic heterocycles. The van der Waals surface area contributed by atoms with Gasteiger partial charge in [-0.15, -0.1) is 0 Å². The summed E-state index contributed by atoms with van der Waals surface area (Å²) < 4.78 is 0. The standard InChI is InChI=1S/C34H36/c1-21-29-17-23(33(3,4)5)18-30(21)26-14-10-12-16-28(26)32-20-24(34(6,7)8)19-31(22(32)2)27-15-11-9-13-25(27)29/h9-20H,1-8H3. The van der Waals surface area contributed by atoms with Gasteiger partial charge in [-0.3, -0.25) is 0 Å². The van der Waals surface area contributed by atoms with Crippen LogP contribution >= 0.6 is 0 Å². The number of fused-ring (bicyclic) bond motifs is 10. The van der Waals surface area contributed by atoms with Crippen LogP contribution in [0.1, 0.15) is 63.8 Å². The lowest BCUT2D eigenvalue weighted by molar-refractivity contribution is 0.591. The van der Waals surface area contributed by atoms with E-state index in [1.54, 1.807) is 0 Å². The molecule has 0 fully saturated rings. The van der Waals surface area contributed by atoms with Crippen LogP contribution in [0.15, 0.2) is 72.8 Å². The zero-order valence-electron chi connectivity index (χ0n) is 21.9. The normalized spacial score (nSPS) is 12.7. The zero-order chi connectivity index (χ0) is 24.4. The highest BCUT2D eigenvalue weighted by atomic mass is 14.2. The van der Waals surface area contributed by atoms with Gasteiger partial charge in [0.15, 0.2) is 0 Å². The van der Waals surface area contributed by atoms with Gasteiger partial charge < -0.3 is 0 Å². The molecule has 0 N–H and O–H groups in total. The van der Waals surface area contributed by atoms with Gasteiger partial charge >= 0.3 is 0 Å². The zero-order valence-corrected chi connectivity index (χ0v) is 21.9. The third-order valence-corrected chi connectivity index (χ3v) is 7.56. The highest BCUT2D eigenvalue weighted by Crippen LogP contribution is 2.39. The van der Waals surface area contributed by atoms with Crippen LogP contribution in [0.4, 0.5) is 0 Å². The summed E-state index contributed by atoms with van der Waals surface area (Å²) in [7, 11) is 0. The first-order chi connectivity index (χ1) is 16.0. The lowest BCUT2D eigenvalue weighted by Gasteiger charge is -2.23. The molecule has 0 heterocycles. The van der Waals surface area contributed by atoms with E-state index < -0.39 is 0 Å². The van der Waals surface area contributed by atoms with Crippen molar-refractivity contribution in [3.8, 4) is 0 Å². The summed E-state index contributed by atoms with van der Waals surface area (Å²) in [5.41, 5.74) is 5.59. The summed E-state index contributed by atoms with van der Waals surface area (Å²) in [5.74, 6) is 0. The van der Waals surface area contributed by atoms with Crippen molar-refractivity contribution < 1.29 is 0 Å². The molecule has 0 aliphatic carbocycles. The molecule has 0 aliphatic rings. The van der Waals surface area contributed by atoms with Gasteiger partial charge in [0, 0.05) is 0 Å². The lowest BCUT2D eigenvalue weighted by Crippen LogP contribution is -2.11. The monoisotopic (exact) mass is 444 g/mol. The van der Waals surface area contributed by atoms with E-state index in [1.807, 2.05) is 0 Å². The van der Waals surface area contributed by atoms with Crippen molar-refractivity contribution in [1.29, 1.82) is 0 Å². The van der Waals surface area contributed by atoms with Gasteiger partial charge in [0.2, 0.25) is 0 Å². The predicted octanol–water partition coefficient (Wildman–Crippen LogP) is 10.1. The van der Waals surface area contributed by atoms with Crippen LogP contribution in [0.2, 0.25) is 0 Å². The fourth-order valence-electron chi connectivity index (χ4n) is 5.32. The highest BCUT2D eigenvalue weighted by Gasteiger charge is 2.19. The first-order valence-corrected chi connectivity index (χ1v) is 12.5. The van der Waals surface area contributed by atoms with Crippen LogP contribution in [0.5, 0.6) is 0 Å². The Morgan fingerprint density at radius 2 is 0.618 bits per heavy atom. The fourth-order valence-corrected chi connectivity index (χ4v) is 5.32. The molecular formula is C34H36. The van der Waals surface area contributed by atoms with E-state index in [-0.39, 0.29) is 10.8 Å². The quantitative estimate of drug-likeness (QED) is 0.223. The molecule has 0 nitrogen and oxygen atoms in total. The number of benzene rings is 4. The van der Waals surface area contributed by atoms with Crippen molar-refractivity contribution in [2.75, 3.05) is 0 Å². The van der Waals surface area contributed by atoms with Crippen molar-refractivity contribution in [1.82, 2.24) is 0 Å². The summed E-state index contributed by atoms with van der Waals surface area (Å²) in [6.45, 7) is 18.5. The van der Waals surface area contributed by atoms with E-state index in [0.29, 0.717) is 0 Å². The maximum absolute atomic E-state index is 2.44. The Balaban J connectivity index is 2.25. The molecule has 0 aliphatic heterocycles. The highest BCUT2D eigenvalue weighted by molar-refractivity contribution is 6.16. The van der Waals surface area contributed by atoms with Gasteiger partial charge in [0.05, 0.1) is 0 Å². The van der Waals surface area contributed by atoms with Gasteiger partial charge in [-0.25, -0.2) is 0 Å². The molecule has 0 radical (unpaired) electrons. The van der Waals surface area contributed by atoms with Crippen LogP contribution < -0.4 is 0 Å². The molecule has 0 saturated heterocycles. The Morgan fingerprint density at radius 1 is 0.382 bits per heavy atom. The second-order valence-electron chi connectivity index (χ2n) is 12.0. The molecule has 0 heteroatoms. The molecule has 5 rings (SSSR count). The first-order valence-electron chi connectivity index (χ1n) is 12.5. The number of aryl methyl sites for hydroxylation is 2. The summed E-state index contributed by atoms with van der Waals surface area (Å²) in [6, 6.07) is 27.7. The molecule has 0 unspecified atom stereocenters. The van der Waals surface area contributed by atoms with Crippen molar-refractivity contribution in [2.24, 2.45) is 0 Å². The minimum Gasteiger partial charge on any atom is -0.0616 e. The van der Waals surface area contributed by atoms with E-state index in [4.69, 9.17) is 0 Å². The van der Waals surface area contributed by atoms with Gasteiger partial charge in [-0.05, 0) is 90.0 Å². The summed E-state index contributed by atoms with van der Waals surface area (Å²) >= 11 is 0. The molecule has 4 bridgehead atoms. The second-order valence-corrected chi connectivity index (χ2v) is 12.0. The molecule has 0 amide bonds. The van der Waals surface area contributed by atoms with Crippen LogP contribution in [-0.2, 0) is 10.8 Å². The summed E-state index contributed by atoms with van der Waals surface area (Å²) in [5, 5.41) is 10.7. The third kappa shape index (κ3) is 3.61. The fraction of sp³-hybridized carbons (Fsp3) is 0.294. The van der Waals surface area contributed by atoms with Crippen LogP contribution in [-0.4, -0.2) is 0 Å². The van der Waals surface area contributed by atoms with Crippen molar-refractivity contribution in [3.05, 3.63) is 95.1 Å². The Morgan fingerprint density at radius 3 is 0.824 bits per heavy atom. The van der Waals surface area contributed by atoms with Crippen LogP contribution in [0.25, 0.3) is 43.1 Å². The van der Waals surface area contributed by atoms with Crippen molar-refractivity contribution in [2.45, 2.75) is 66.2 Å². The summed E-state index contributed by atoms with van der Waals surface area (Å²) in [4.78, 5) is 0. The summed E-state index contributed by atoms with van der Waals surface area (Å²) in [6.07, 6.45) is 0. The SMILES string of the molecule is Cc1c2cc(C(C)(C)C)cc1c1ccccc1c1cc(C(C)(C)C)cc(c1C)c1ccccc21. The Bertz CT molecular complexity index is 1390. The van der Waals surface area contributed by atoms with Gasteiger partial charge in [0.1, 0.15) is 0 Å². The first kappa shape index (κ1) is 22.7. The van der Waals surface area contributed by atoms with Crippen molar-refractivity contribution >= 4 is 43.1 Å². The van der Waals surface area contributed by atoms with E-state index >= 15 is 0 Å². The van der Waals surface area contributed by atoms with E-state index in [9.17, 15) is 0 Å². The number of hydrogen-bond donors (Lipinski definition) is 0. The largest absolute Gasteiger partial charge is 0.0616 e. The maximum atomic E-state index is 2.44. The number of hydrogen-bond acceptors (Lipinski definition) is 0. The molecule has 5 aromatic rings. The van der Waals surface area contributed by atoms with E-state index in [0.717, 1.165) is 0 Å². The molecule has 34 heavy (non-hydrogen) atoms. The minimum absolute atomic E-state index is 0.0643. The molecular weight excluding hydrogens is 408 g/mol. The van der Waals surface area contributed by atoms with Crippen LogP contribution in [0, 0.1) is 13.8 Å². The average molecular weight is 445 g/mol. The predicted molar refractivity (Wildman–Crippen MR) is 152 cm³/mol. The minimum atomic E-state index is 0.0643. The topological polar surface area (TPSA) is 0 Å². The second kappa shape index (κ2) is 7.70. The van der Waals surface area contributed by atoms with E-state index in [1.165, 1.54) is 65.3 Å².